The minimum atomic E-state index is -3.56. The van der Waals surface area contributed by atoms with Crippen molar-refractivity contribution in [1.82, 2.24) is 0 Å². The van der Waals surface area contributed by atoms with Crippen molar-refractivity contribution in [2.24, 2.45) is 0 Å². The molecule has 0 aliphatic carbocycles. The van der Waals surface area contributed by atoms with Crippen molar-refractivity contribution in [2.75, 3.05) is 10.6 Å². The first kappa shape index (κ1) is 14.7. The fraction of sp³-hybridized carbons (Fsp3) is 0.300. The van der Waals surface area contributed by atoms with E-state index in [0.717, 1.165) is 14.1 Å². The highest BCUT2D eigenvalue weighted by molar-refractivity contribution is 14.1. The van der Waals surface area contributed by atoms with E-state index in [1.165, 1.54) is 6.92 Å². The average molecular weight is 388 g/mol. The number of hydrogen-bond acceptors (Lipinski definition) is 3. The first-order chi connectivity index (χ1) is 7.75. The Hall–Kier alpha value is -0.340. The van der Waals surface area contributed by atoms with Crippen LogP contribution in [0.1, 0.15) is 6.92 Å². The summed E-state index contributed by atoms with van der Waals surface area (Å²) in [5, 5.41) is -0.713. The van der Waals surface area contributed by atoms with Crippen LogP contribution >= 0.6 is 34.2 Å². The molecule has 0 saturated carbocycles. The molecule has 1 unspecified atom stereocenters. The summed E-state index contributed by atoms with van der Waals surface area (Å²) in [7, 11) is -3.56. The second-order valence-electron chi connectivity index (χ2n) is 3.49. The zero-order valence-electron chi connectivity index (χ0n) is 9.22. The molecule has 0 radical (unpaired) electrons. The van der Waals surface area contributed by atoms with E-state index in [0.29, 0.717) is 5.69 Å². The number of rotatable bonds is 4. The minimum absolute atomic E-state index is 0.456. The molecule has 0 saturated heterocycles. The number of halogens is 2. The van der Waals surface area contributed by atoms with Gasteiger partial charge < -0.3 is 0 Å². The van der Waals surface area contributed by atoms with Gasteiger partial charge in [-0.3, -0.25) is 9.10 Å². The van der Waals surface area contributed by atoms with Crippen LogP contribution in [0.15, 0.2) is 24.3 Å². The van der Waals surface area contributed by atoms with E-state index in [2.05, 4.69) is 0 Å². The lowest BCUT2D eigenvalue weighted by Crippen LogP contribution is -2.41. The van der Waals surface area contributed by atoms with Crippen LogP contribution in [0.2, 0.25) is 0 Å². The van der Waals surface area contributed by atoms with E-state index in [1.54, 1.807) is 24.3 Å². The highest BCUT2D eigenvalue weighted by atomic mass is 127. The van der Waals surface area contributed by atoms with Crippen molar-refractivity contribution in [3.63, 3.8) is 0 Å². The quantitative estimate of drug-likeness (QED) is 0.588. The summed E-state index contributed by atoms with van der Waals surface area (Å²) in [6.45, 7) is 1.46. The fourth-order valence-electron chi connectivity index (χ4n) is 1.40. The Morgan fingerprint density at radius 3 is 2.35 bits per heavy atom. The third-order valence-corrected chi connectivity index (χ3v) is 4.58. The molecule has 0 aromatic heterocycles. The molecule has 1 aromatic rings. The molecule has 0 bridgehead atoms. The number of carbonyl (C=O) groups excluding carboxylic acids is 1. The van der Waals surface area contributed by atoms with Crippen molar-refractivity contribution in [1.29, 1.82) is 0 Å². The van der Waals surface area contributed by atoms with Crippen molar-refractivity contribution in [3.05, 3.63) is 27.8 Å². The lowest BCUT2D eigenvalue weighted by molar-refractivity contribution is -0.112. The summed E-state index contributed by atoms with van der Waals surface area (Å²) in [4.78, 5) is 11.2. The van der Waals surface area contributed by atoms with E-state index < -0.39 is 21.3 Å². The largest absolute Gasteiger partial charge is 0.279 e. The van der Waals surface area contributed by atoms with Gasteiger partial charge in [-0.25, -0.2) is 8.42 Å². The maximum Gasteiger partial charge on any atom is 0.245 e. The number of carbonyl (C=O) groups is 1. The normalized spacial score (nSPS) is 13.2. The molecule has 0 heterocycles. The van der Waals surface area contributed by atoms with Crippen LogP contribution in [0.3, 0.4) is 0 Å². The molecule has 0 fully saturated rings. The summed E-state index contributed by atoms with van der Waals surface area (Å²) >= 11 is 7.40. The smallest absolute Gasteiger partial charge is 0.245 e. The third-order valence-electron chi connectivity index (χ3n) is 2.13. The number of para-hydroxylation sites is 1. The Morgan fingerprint density at radius 1 is 1.41 bits per heavy atom. The van der Waals surface area contributed by atoms with Gasteiger partial charge in [-0.1, -0.05) is 12.1 Å². The van der Waals surface area contributed by atoms with Crippen molar-refractivity contribution >= 4 is 55.1 Å². The number of benzene rings is 1. The lowest BCUT2D eigenvalue weighted by atomic mass is 10.3. The zero-order valence-corrected chi connectivity index (χ0v) is 13.0. The number of hydrogen-bond donors (Lipinski definition) is 0. The zero-order chi connectivity index (χ0) is 13.2. The molecule has 0 amide bonds. The predicted octanol–water partition coefficient (Wildman–Crippen LogP) is 2.21. The van der Waals surface area contributed by atoms with Crippen LogP contribution in [0.25, 0.3) is 0 Å². The van der Waals surface area contributed by atoms with Crippen LogP contribution in [0.5, 0.6) is 0 Å². The Labute approximate surface area is 119 Å². The first-order valence-electron chi connectivity index (χ1n) is 4.68. The third kappa shape index (κ3) is 3.56. The van der Waals surface area contributed by atoms with Crippen LogP contribution in [-0.4, -0.2) is 26.0 Å². The van der Waals surface area contributed by atoms with E-state index in [-0.39, 0.29) is 0 Å². The highest BCUT2D eigenvalue weighted by Crippen LogP contribution is 2.26. The number of nitrogens with zero attached hydrogens (tertiary/aromatic N) is 1. The second kappa shape index (κ2) is 5.53. The molecule has 0 spiro atoms. The van der Waals surface area contributed by atoms with Gasteiger partial charge in [-0.15, -0.1) is 0 Å². The van der Waals surface area contributed by atoms with Gasteiger partial charge in [0.25, 0.3) is 0 Å². The monoisotopic (exact) mass is 387 g/mol. The van der Waals surface area contributed by atoms with Gasteiger partial charge >= 0.3 is 0 Å². The Balaban J connectivity index is 3.36. The predicted molar refractivity (Wildman–Crippen MR) is 76.8 cm³/mol. The van der Waals surface area contributed by atoms with Gasteiger partial charge in [0.05, 0.1) is 11.9 Å². The second-order valence-corrected chi connectivity index (χ2v) is 6.88. The molecule has 94 valence electrons. The van der Waals surface area contributed by atoms with E-state index in [9.17, 15) is 13.2 Å². The van der Waals surface area contributed by atoms with Gasteiger partial charge in [0, 0.05) is 3.57 Å². The first-order valence-corrected chi connectivity index (χ1v) is 7.99. The van der Waals surface area contributed by atoms with E-state index in [4.69, 9.17) is 11.6 Å². The van der Waals surface area contributed by atoms with Crippen molar-refractivity contribution in [2.45, 2.75) is 13.0 Å². The Bertz CT molecular complexity index is 532. The maximum absolute atomic E-state index is 11.7. The Kier molecular flexibility index (Phi) is 4.79. The summed E-state index contributed by atoms with van der Waals surface area (Å²) < 4.78 is 25.3. The topological polar surface area (TPSA) is 54.5 Å². The van der Waals surface area contributed by atoms with Gasteiger partial charge in [0.15, 0.2) is 0 Å². The fourth-order valence-corrected chi connectivity index (χ4v) is 3.55. The molecular formula is C10H11ClINO3S. The lowest BCUT2D eigenvalue weighted by Gasteiger charge is -2.27. The number of sulfonamides is 1. The number of anilines is 1. The standard InChI is InChI=1S/C10H11ClINO3S/c1-7(10(11)14)13(17(2,15)16)9-6-4-3-5-8(9)12/h3-7H,1-2H3. The van der Waals surface area contributed by atoms with Crippen molar-refractivity contribution < 1.29 is 13.2 Å². The maximum atomic E-state index is 11.7. The van der Waals surface area contributed by atoms with Gasteiger partial charge in [0.1, 0.15) is 6.04 Å². The van der Waals surface area contributed by atoms with Crippen LogP contribution in [0.4, 0.5) is 5.69 Å². The molecule has 1 rings (SSSR count). The van der Waals surface area contributed by atoms with Crippen molar-refractivity contribution in [3.8, 4) is 0 Å². The summed E-state index contributed by atoms with van der Waals surface area (Å²) in [6.07, 6.45) is 1.05. The molecule has 0 aliphatic heterocycles. The molecule has 0 N–H and O–H groups in total. The molecular weight excluding hydrogens is 377 g/mol. The van der Waals surface area contributed by atoms with Crippen LogP contribution in [0, 0.1) is 3.57 Å². The molecule has 1 atom stereocenters. The van der Waals surface area contributed by atoms with Gasteiger partial charge in [-0.2, -0.15) is 0 Å². The highest BCUT2D eigenvalue weighted by Gasteiger charge is 2.29. The average Bonchev–Trinajstić information content (AvgIpc) is 2.19. The summed E-state index contributed by atoms with van der Waals surface area (Å²) in [5.74, 6) is 0. The Morgan fingerprint density at radius 2 is 1.94 bits per heavy atom. The van der Waals surface area contributed by atoms with Crippen LogP contribution in [-0.2, 0) is 14.8 Å². The molecule has 1 aromatic carbocycles. The summed E-state index contributed by atoms with van der Waals surface area (Å²) in [5.41, 5.74) is 0.456. The minimum Gasteiger partial charge on any atom is -0.279 e. The van der Waals surface area contributed by atoms with Gasteiger partial charge in [0.2, 0.25) is 15.3 Å². The van der Waals surface area contributed by atoms with Gasteiger partial charge in [-0.05, 0) is 53.2 Å². The SMILES string of the molecule is CC(C(=O)Cl)N(c1ccccc1I)S(C)(=O)=O. The molecule has 7 heteroatoms. The van der Waals surface area contributed by atoms with Crippen LogP contribution < -0.4 is 4.31 Å². The summed E-state index contributed by atoms with van der Waals surface area (Å²) in [6, 6.07) is 5.97. The van der Waals surface area contributed by atoms with E-state index in [1.807, 2.05) is 22.6 Å². The van der Waals surface area contributed by atoms with E-state index >= 15 is 0 Å². The molecule has 17 heavy (non-hydrogen) atoms. The molecule has 0 aliphatic rings. The molecule has 4 nitrogen and oxygen atoms in total.